The van der Waals surface area contributed by atoms with E-state index >= 15 is 0 Å². The van der Waals surface area contributed by atoms with Gasteiger partial charge in [0.2, 0.25) is 0 Å². The van der Waals surface area contributed by atoms with E-state index in [1.165, 1.54) is 12.8 Å². The van der Waals surface area contributed by atoms with Gasteiger partial charge in [-0.2, -0.15) is 0 Å². The monoisotopic (exact) mass is 268 g/mol. The predicted molar refractivity (Wildman–Crippen MR) is 72.0 cm³/mol. The van der Waals surface area contributed by atoms with Crippen molar-refractivity contribution in [3.63, 3.8) is 0 Å². The number of nitrogens with zero attached hydrogens (tertiary/aromatic N) is 2. The van der Waals surface area contributed by atoms with Crippen LogP contribution in [0.15, 0.2) is 0 Å². The molecule has 5 heteroatoms. The Hall–Kier alpha value is -1.26. The number of carboxylic acids is 1. The van der Waals surface area contributed by atoms with Gasteiger partial charge in [0.15, 0.2) is 0 Å². The second-order valence-corrected chi connectivity index (χ2v) is 6.18. The maximum absolute atomic E-state index is 12.4. The molecule has 0 aromatic rings. The van der Waals surface area contributed by atoms with Gasteiger partial charge < -0.3 is 14.9 Å². The van der Waals surface area contributed by atoms with Crippen LogP contribution in [0.1, 0.15) is 45.4 Å². The van der Waals surface area contributed by atoms with E-state index in [1.54, 1.807) is 6.92 Å². The Kier molecular flexibility index (Phi) is 4.02. The summed E-state index contributed by atoms with van der Waals surface area (Å²) in [4.78, 5) is 27.2. The van der Waals surface area contributed by atoms with Crippen LogP contribution in [0.2, 0.25) is 0 Å². The number of carboxylic acid groups (broad SMARTS) is 1. The SMILES string of the molecule is CN(C(=O)N1CCC(C)(C(=O)O)CC1)C1CCCC1. The van der Waals surface area contributed by atoms with Gasteiger partial charge in [-0.15, -0.1) is 0 Å². The van der Waals surface area contributed by atoms with E-state index in [0.29, 0.717) is 32.0 Å². The first kappa shape index (κ1) is 14.2. The Morgan fingerprint density at radius 1 is 1.21 bits per heavy atom. The van der Waals surface area contributed by atoms with Crippen LogP contribution in [0, 0.1) is 5.41 Å². The summed E-state index contributed by atoms with van der Waals surface area (Å²) >= 11 is 0. The van der Waals surface area contributed by atoms with Gasteiger partial charge in [0.05, 0.1) is 5.41 Å². The van der Waals surface area contributed by atoms with Gasteiger partial charge in [-0.25, -0.2) is 4.79 Å². The zero-order valence-electron chi connectivity index (χ0n) is 11.9. The quantitative estimate of drug-likeness (QED) is 0.835. The lowest BCUT2D eigenvalue weighted by atomic mass is 9.80. The van der Waals surface area contributed by atoms with Crippen molar-refractivity contribution in [3.8, 4) is 0 Å². The van der Waals surface area contributed by atoms with Crippen LogP contribution in [-0.2, 0) is 4.79 Å². The fourth-order valence-corrected chi connectivity index (χ4v) is 3.08. The van der Waals surface area contributed by atoms with Crippen LogP contribution in [-0.4, -0.2) is 53.1 Å². The molecule has 0 spiro atoms. The van der Waals surface area contributed by atoms with Crippen molar-refractivity contribution >= 4 is 12.0 Å². The minimum atomic E-state index is -0.747. The van der Waals surface area contributed by atoms with Crippen molar-refractivity contribution in [2.45, 2.75) is 51.5 Å². The minimum Gasteiger partial charge on any atom is -0.481 e. The van der Waals surface area contributed by atoms with Crippen molar-refractivity contribution in [1.82, 2.24) is 9.80 Å². The van der Waals surface area contributed by atoms with E-state index in [9.17, 15) is 14.7 Å². The average Bonchev–Trinajstić information content (AvgIpc) is 2.91. The second kappa shape index (κ2) is 5.39. The second-order valence-electron chi connectivity index (χ2n) is 6.18. The highest BCUT2D eigenvalue weighted by Crippen LogP contribution is 2.32. The van der Waals surface area contributed by atoms with Gasteiger partial charge in [0.25, 0.3) is 0 Å². The topological polar surface area (TPSA) is 60.9 Å². The summed E-state index contributed by atoms with van der Waals surface area (Å²) in [5, 5.41) is 9.19. The van der Waals surface area contributed by atoms with Crippen molar-refractivity contribution in [1.29, 1.82) is 0 Å². The number of likely N-dealkylation sites (tertiary alicyclic amines) is 1. The van der Waals surface area contributed by atoms with Crippen molar-refractivity contribution in [2.75, 3.05) is 20.1 Å². The molecule has 1 N–H and O–H groups in total. The van der Waals surface area contributed by atoms with E-state index in [4.69, 9.17) is 0 Å². The van der Waals surface area contributed by atoms with Gasteiger partial charge >= 0.3 is 12.0 Å². The molecule has 0 unspecified atom stereocenters. The summed E-state index contributed by atoms with van der Waals surface area (Å²) < 4.78 is 0. The van der Waals surface area contributed by atoms with E-state index < -0.39 is 11.4 Å². The first-order valence-electron chi connectivity index (χ1n) is 7.19. The lowest BCUT2D eigenvalue weighted by molar-refractivity contribution is -0.150. The summed E-state index contributed by atoms with van der Waals surface area (Å²) in [6.07, 6.45) is 5.71. The molecule has 2 rings (SSSR count). The predicted octanol–water partition coefficient (Wildman–Crippen LogP) is 2.17. The number of piperidine rings is 1. The highest BCUT2D eigenvalue weighted by atomic mass is 16.4. The molecule has 5 nitrogen and oxygen atoms in total. The number of hydrogen-bond acceptors (Lipinski definition) is 2. The molecule has 2 fully saturated rings. The van der Waals surface area contributed by atoms with Crippen LogP contribution < -0.4 is 0 Å². The van der Waals surface area contributed by atoms with Crippen LogP contribution >= 0.6 is 0 Å². The largest absolute Gasteiger partial charge is 0.481 e. The minimum absolute atomic E-state index is 0.0688. The molecule has 1 saturated heterocycles. The summed E-state index contributed by atoms with van der Waals surface area (Å²) in [5.74, 6) is -0.747. The van der Waals surface area contributed by atoms with Crippen LogP contribution in [0.3, 0.4) is 0 Å². The average molecular weight is 268 g/mol. The summed E-state index contributed by atoms with van der Waals surface area (Å²) in [5.41, 5.74) is -0.664. The maximum Gasteiger partial charge on any atom is 0.319 e. The molecule has 0 aromatic heterocycles. The first-order chi connectivity index (χ1) is 8.94. The summed E-state index contributed by atoms with van der Waals surface area (Å²) in [6, 6.07) is 0.444. The molecule has 108 valence electrons. The number of carbonyl (C=O) groups is 2. The molecule has 1 heterocycles. The van der Waals surface area contributed by atoms with Crippen LogP contribution in [0.25, 0.3) is 0 Å². The van der Waals surface area contributed by atoms with E-state index in [0.717, 1.165) is 12.8 Å². The van der Waals surface area contributed by atoms with Crippen molar-refractivity contribution in [3.05, 3.63) is 0 Å². The van der Waals surface area contributed by atoms with Gasteiger partial charge in [-0.05, 0) is 32.6 Å². The highest BCUT2D eigenvalue weighted by molar-refractivity contribution is 5.77. The van der Waals surface area contributed by atoms with Crippen LogP contribution in [0.4, 0.5) is 4.79 Å². The zero-order valence-corrected chi connectivity index (χ0v) is 11.9. The van der Waals surface area contributed by atoms with E-state index in [2.05, 4.69) is 0 Å². The summed E-state index contributed by atoms with van der Waals surface area (Å²) in [7, 11) is 1.88. The molecule has 19 heavy (non-hydrogen) atoms. The summed E-state index contributed by atoms with van der Waals surface area (Å²) in [6.45, 7) is 2.88. The number of amides is 2. The molecule has 1 saturated carbocycles. The third-order valence-electron chi connectivity index (χ3n) is 4.83. The zero-order chi connectivity index (χ0) is 14.0. The Labute approximate surface area is 114 Å². The first-order valence-corrected chi connectivity index (χ1v) is 7.19. The third kappa shape index (κ3) is 2.85. The molecule has 0 atom stereocenters. The Morgan fingerprint density at radius 2 is 1.74 bits per heavy atom. The lowest BCUT2D eigenvalue weighted by Crippen LogP contribution is -2.51. The van der Waals surface area contributed by atoms with Gasteiger partial charge in [-0.3, -0.25) is 4.79 Å². The smallest absolute Gasteiger partial charge is 0.319 e. The van der Waals surface area contributed by atoms with E-state index in [1.807, 2.05) is 16.8 Å². The molecular formula is C14H24N2O3. The fraction of sp³-hybridized carbons (Fsp3) is 0.857. The molecule has 0 bridgehead atoms. The molecule has 2 amide bonds. The van der Waals surface area contributed by atoms with Crippen molar-refractivity contribution in [2.24, 2.45) is 5.41 Å². The van der Waals surface area contributed by atoms with E-state index in [-0.39, 0.29) is 6.03 Å². The number of hydrogen-bond donors (Lipinski definition) is 1. The number of aliphatic carboxylic acids is 1. The molecule has 0 aromatic carbocycles. The number of carbonyl (C=O) groups excluding carboxylic acids is 1. The van der Waals surface area contributed by atoms with Gasteiger partial charge in [0, 0.05) is 26.2 Å². The van der Waals surface area contributed by atoms with Crippen LogP contribution in [0.5, 0.6) is 0 Å². The van der Waals surface area contributed by atoms with Crippen molar-refractivity contribution < 1.29 is 14.7 Å². The van der Waals surface area contributed by atoms with Gasteiger partial charge in [0.1, 0.15) is 0 Å². The molecule has 1 aliphatic heterocycles. The third-order valence-corrected chi connectivity index (χ3v) is 4.83. The molecule has 2 aliphatic rings. The maximum atomic E-state index is 12.4. The number of urea groups is 1. The molecule has 0 radical (unpaired) electrons. The Morgan fingerprint density at radius 3 is 2.21 bits per heavy atom. The fourth-order valence-electron chi connectivity index (χ4n) is 3.08. The van der Waals surface area contributed by atoms with Gasteiger partial charge in [-0.1, -0.05) is 12.8 Å². The molecule has 1 aliphatic carbocycles. The lowest BCUT2D eigenvalue weighted by Gasteiger charge is -2.39. The molecular weight excluding hydrogens is 244 g/mol. The standard InChI is InChI=1S/C14H24N2O3/c1-14(12(17)18)7-9-16(10-8-14)13(19)15(2)11-5-3-4-6-11/h11H,3-10H2,1-2H3,(H,17,18). The normalized spacial score (nSPS) is 23.4. The Bertz CT molecular complexity index is 356. The Balaban J connectivity index is 1.90. The number of rotatable bonds is 2. The highest BCUT2D eigenvalue weighted by Gasteiger charge is 2.39.